The highest BCUT2D eigenvalue weighted by atomic mass is 35.5. The molecule has 1 aromatic heterocycles. The number of amides is 1. The summed E-state index contributed by atoms with van der Waals surface area (Å²) in [4.78, 5) is 13.3. The van der Waals surface area contributed by atoms with Crippen LogP contribution in [0.3, 0.4) is 0 Å². The summed E-state index contributed by atoms with van der Waals surface area (Å²) in [5, 5.41) is 8.29. The molecule has 0 fully saturated rings. The molecule has 0 aliphatic heterocycles. The third-order valence-electron chi connectivity index (χ3n) is 3.34. The van der Waals surface area contributed by atoms with Gasteiger partial charge in [-0.1, -0.05) is 36.4 Å². The van der Waals surface area contributed by atoms with Crippen LogP contribution in [-0.4, -0.2) is 19.5 Å². The van der Waals surface area contributed by atoms with Crippen molar-refractivity contribution in [3.63, 3.8) is 0 Å². The topological polar surface area (TPSA) is 41.1 Å². The van der Waals surface area contributed by atoms with Crippen molar-refractivity contribution in [1.29, 1.82) is 0 Å². The lowest BCUT2D eigenvalue weighted by atomic mass is 10.0. The molecule has 0 aliphatic carbocycles. The Kier molecular flexibility index (Phi) is 8.82. The molecule has 0 bridgehead atoms. The highest BCUT2D eigenvalue weighted by molar-refractivity contribution is 7.10. The Morgan fingerprint density at radius 2 is 1.95 bits per heavy atom. The monoisotopic (exact) mass is 338 g/mol. The van der Waals surface area contributed by atoms with E-state index in [4.69, 9.17) is 0 Å². The van der Waals surface area contributed by atoms with E-state index < -0.39 is 0 Å². The van der Waals surface area contributed by atoms with Crippen molar-refractivity contribution in [3.8, 4) is 0 Å². The second-order valence-corrected chi connectivity index (χ2v) is 6.01. The summed E-state index contributed by atoms with van der Waals surface area (Å²) < 4.78 is 0. The summed E-state index contributed by atoms with van der Waals surface area (Å²) in [5.74, 6) is 0.125. The minimum atomic E-state index is 0. The number of halogens is 1. The lowest BCUT2D eigenvalue weighted by molar-refractivity contribution is -0.121. The second kappa shape index (κ2) is 10.4. The Morgan fingerprint density at radius 1 is 1.18 bits per heavy atom. The van der Waals surface area contributed by atoms with E-state index in [1.165, 1.54) is 10.4 Å². The summed E-state index contributed by atoms with van der Waals surface area (Å²) >= 11 is 1.69. The summed E-state index contributed by atoms with van der Waals surface area (Å²) in [6.45, 7) is 0.871. The van der Waals surface area contributed by atoms with E-state index in [2.05, 4.69) is 34.2 Å². The molecule has 2 rings (SSSR count). The van der Waals surface area contributed by atoms with E-state index in [-0.39, 0.29) is 24.4 Å². The number of thiophene rings is 1. The van der Waals surface area contributed by atoms with Gasteiger partial charge >= 0.3 is 0 Å². The van der Waals surface area contributed by atoms with E-state index in [1.54, 1.807) is 11.3 Å². The number of hydrogen-bond donors (Lipinski definition) is 2. The van der Waals surface area contributed by atoms with Gasteiger partial charge in [0.1, 0.15) is 0 Å². The van der Waals surface area contributed by atoms with Crippen molar-refractivity contribution in [2.45, 2.75) is 25.3 Å². The van der Waals surface area contributed by atoms with Gasteiger partial charge in [-0.05, 0) is 43.4 Å². The first-order chi connectivity index (χ1) is 10.3. The Labute approximate surface area is 142 Å². The first kappa shape index (κ1) is 18.7. The Hall–Kier alpha value is -1.36. The molecule has 3 nitrogen and oxygen atoms in total. The molecule has 1 heterocycles. The van der Waals surface area contributed by atoms with Crippen molar-refractivity contribution in [2.24, 2.45) is 0 Å². The average molecular weight is 339 g/mol. The van der Waals surface area contributed by atoms with Crippen LogP contribution in [0.4, 0.5) is 0 Å². The third kappa shape index (κ3) is 6.18. The molecular formula is C17H23ClN2OS. The van der Waals surface area contributed by atoms with Crippen molar-refractivity contribution in [2.75, 3.05) is 13.6 Å². The van der Waals surface area contributed by atoms with Crippen molar-refractivity contribution in [1.82, 2.24) is 10.6 Å². The van der Waals surface area contributed by atoms with Crippen LogP contribution < -0.4 is 10.6 Å². The Morgan fingerprint density at radius 3 is 2.59 bits per heavy atom. The number of nitrogens with one attached hydrogen (secondary N) is 2. The van der Waals surface area contributed by atoms with E-state index in [9.17, 15) is 4.79 Å². The summed E-state index contributed by atoms with van der Waals surface area (Å²) in [6, 6.07) is 14.5. The van der Waals surface area contributed by atoms with Gasteiger partial charge in [0.25, 0.3) is 0 Å². The number of rotatable bonds is 8. The van der Waals surface area contributed by atoms with Crippen LogP contribution in [0, 0.1) is 0 Å². The van der Waals surface area contributed by atoms with E-state index in [1.807, 2.05) is 31.3 Å². The molecule has 0 saturated carbocycles. The summed E-state index contributed by atoms with van der Waals surface area (Å²) in [6.07, 6.45) is 2.27. The van der Waals surface area contributed by atoms with Gasteiger partial charge in [-0.25, -0.2) is 0 Å². The lowest BCUT2D eigenvalue weighted by Crippen LogP contribution is -2.29. The van der Waals surface area contributed by atoms with Crippen LogP contribution in [0.25, 0.3) is 0 Å². The lowest BCUT2D eigenvalue weighted by Gasteiger charge is -2.18. The van der Waals surface area contributed by atoms with Crippen LogP contribution in [0.1, 0.15) is 29.3 Å². The van der Waals surface area contributed by atoms with Crippen LogP contribution >= 0.6 is 23.7 Å². The van der Waals surface area contributed by atoms with Crippen molar-refractivity contribution >= 4 is 29.7 Å². The molecule has 1 amide bonds. The van der Waals surface area contributed by atoms with Crippen molar-refractivity contribution < 1.29 is 4.79 Å². The van der Waals surface area contributed by atoms with E-state index >= 15 is 0 Å². The first-order valence-corrected chi connectivity index (χ1v) is 8.19. The Bertz CT molecular complexity index is 531. The molecule has 2 N–H and O–H groups in total. The van der Waals surface area contributed by atoms with Gasteiger partial charge in [0.2, 0.25) is 5.91 Å². The number of benzene rings is 1. The predicted molar refractivity (Wildman–Crippen MR) is 95.8 cm³/mol. The molecule has 0 aliphatic rings. The maximum absolute atomic E-state index is 12.1. The molecule has 1 unspecified atom stereocenters. The first-order valence-electron chi connectivity index (χ1n) is 7.31. The predicted octanol–water partition coefficient (Wildman–Crippen LogP) is 3.57. The zero-order valence-electron chi connectivity index (χ0n) is 12.7. The fourth-order valence-corrected chi connectivity index (χ4v) is 3.03. The Balaban J connectivity index is 0.00000242. The fraction of sp³-hybridized carbons (Fsp3) is 0.353. The maximum Gasteiger partial charge on any atom is 0.220 e. The molecule has 1 aromatic carbocycles. The van der Waals surface area contributed by atoms with Crippen LogP contribution in [0.2, 0.25) is 0 Å². The van der Waals surface area contributed by atoms with E-state index in [0.717, 1.165) is 19.4 Å². The highest BCUT2D eigenvalue weighted by Crippen LogP contribution is 2.23. The van der Waals surface area contributed by atoms with E-state index in [0.29, 0.717) is 6.42 Å². The van der Waals surface area contributed by atoms with Gasteiger partial charge in [-0.3, -0.25) is 4.79 Å². The van der Waals surface area contributed by atoms with Gasteiger partial charge in [-0.15, -0.1) is 23.7 Å². The summed E-state index contributed by atoms with van der Waals surface area (Å²) in [7, 11) is 1.90. The van der Waals surface area contributed by atoms with Gasteiger partial charge in [0.05, 0.1) is 6.04 Å². The zero-order chi connectivity index (χ0) is 14.9. The molecule has 0 radical (unpaired) electrons. The van der Waals surface area contributed by atoms with Gasteiger partial charge < -0.3 is 10.6 Å². The molecule has 0 spiro atoms. The second-order valence-electron chi connectivity index (χ2n) is 5.03. The number of hydrogen-bond acceptors (Lipinski definition) is 3. The average Bonchev–Trinajstić information content (AvgIpc) is 3.02. The zero-order valence-corrected chi connectivity index (χ0v) is 14.4. The minimum Gasteiger partial charge on any atom is -0.348 e. The quantitative estimate of drug-likeness (QED) is 0.722. The van der Waals surface area contributed by atoms with Crippen LogP contribution in [0.15, 0.2) is 47.8 Å². The smallest absolute Gasteiger partial charge is 0.220 e. The van der Waals surface area contributed by atoms with Gasteiger partial charge in [0, 0.05) is 11.3 Å². The third-order valence-corrected chi connectivity index (χ3v) is 4.32. The molecule has 2 aromatic rings. The number of carbonyl (C=O) groups is 1. The number of carbonyl (C=O) groups excluding carboxylic acids is 1. The van der Waals surface area contributed by atoms with Crippen LogP contribution in [0.5, 0.6) is 0 Å². The minimum absolute atomic E-state index is 0. The van der Waals surface area contributed by atoms with Gasteiger partial charge in [-0.2, -0.15) is 0 Å². The standard InChI is InChI=1S/C17H22N2OS.ClH/c1-18-11-5-10-17(20)19-15(16-9-6-12-21-16)13-14-7-3-2-4-8-14;/h2-4,6-9,12,15,18H,5,10-11,13H2,1H3,(H,19,20);1H. The molecule has 0 saturated heterocycles. The van der Waals surface area contributed by atoms with Crippen molar-refractivity contribution in [3.05, 3.63) is 58.3 Å². The maximum atomic E-state index is 12.1. The normalized spacial score (nSPS) is 11.5. The molecule has 5 heteroatoms. The molecule has 120 valence electrons. The fourth-order valence-electron chi connectivity index (χ4n) is 2.25. The molecule has 1 atom stereocenters. The summed E-state index contributed by atoms with van der Waals surface area (Å²) in [5.41, 5.74) is 1.24. The van der Waals surface area contributed by atoms with Crippen LogP contribution in [-0.2, 0) is 11.2 Å². The molecular weight excluding hydrogens is 316 g/mol. The largest absolute Gasteiger partial charge is 0.348 e. The van der Waals surface area contributed by atoms with Gasteiger partial charge in [0.15, 0.2) is 0 Å². The molecule has 22 heavy (non-hydrogen) atoms. The highest BCUT2D eigenvalue weighted by Gasteiger charge is 2.16. The SMILES string of the molecule is CNCCCC(=O)NC(Cc1ccccc1)c1cccs1.Cl.